The molecule has 0 rings (SSSR count). The highest BCUT2D eigenvalue weighted by atomic mass is 28.4. The first-order valence-electron chi connectivity index (χ1n) is 4.03. The molecule has 74 valence electrons. The van der Waals surface area contributed by atoms with Crippen molar-refractivity contribution in [1.29, 1.82) is 0 Å². The Balaban J connectivity index is 3.72. The smallest absolute Gasteiger partial charge is 0.334 e. The molecule has 12 heavy (non-hydrogen) atoms. The van der Waals surface area contributed by atoms with Crippen LogP contribution in [0.25, 0.3) is 0 Å². The third-order valence-electron chi connectivity index (χ3n) is 2.07. The minimum Gasteiger partial charge on any atom is -0.398 e. The van der Waals surface area contributed by atoms with Gasteiger partial charge in [0.2, 0.25) is 0 Å². The summed E-state index contributed by atoms with van der Waals surface area (Å²) in [6.45, 7) is 1.98. The Morgan fingerprint density at radius 1 is 1.42 bits per heavy atom. The number of rotatable bonds is 6. The van der Waals surface area contributed by atoms with Crippen LogP contribution in [0.3, 0.4) is 0 Å². The lowest BCUT2D eigenvalue weighted by atomic mass is 10.4. The van der Waals surface area contributed by atoms with Crippen LogP contribution < -0.4 is 5.32 Å². The molecule has 0 aliphatic heterocycles. The second-order valence-corrected chi connectivity index (χ2v) is 6.47. The number of nitrogens with one attached hydrogen (secondary N) is 1. The minimum atomic E-state index is -1.98. The monoisotopic (exact) mass is 193 g/mol. The molecule has 4 nitrogen and oxygen atoms in total. The summed E-state index contributed by atoms with van der Waals surface area (Å²) in [4.78, 5) is 0. The Morgan fingerprint density at radius 2 is 1.92 bits per heavy atom. The van der Waals surface area contributed by atoms with Gasteiger partial charge in [-0.25, -0.2) is 0 Å². The van der Waals surface area contributed by atoms with E-state index in [0.29, 0.717) is 6.42 Å². The summed E-state index contributed by atoms with van der Waals surface area (Å²) in [5, 5.41) is 12.0. The van der Waals surface area contributed by atoms with Gasteiger partial charge in [-0.15, -0.1) is 0 Å². The summed E-state index contributed by atoms with van der Waals surface area (Å²) in [6.07, 6.45) is 0.211. The molecule has 0 aromatic heterocycles. The summed E-state index contributed by atoms with van der Waals surface area (Å²) in [5.41, 5.74) is 0. The van der Waals surface area contributed by atoms with Crippen molar-refractivity contribution in [1.82, 2.24) is 5.32 Å². The van der Waals surface area contributed by atoms with Gasteiger partial charge in [0, 0.05) is 14.2 Å². The number of aliphatic hydroxyl groups excluding tert-OH is 1. The zero-order chi connectivity index (χ0) is 9.61. The summed E-state index contributed by atoms with van der Waals surface area (Å²) >= 11 is 0. The van der Waals surface area contributed by atoms with Crippen molar-refractivity contribution in [2.75, 3.05) is 21.3 Å². The average Bonchev–Trinajstić information content (AvgIpc) is 2.13. The fraction of sp³-hybridized carbons (Fsp3) is 1.00. The molecule has 0 heterocycles. The Kier molecular flexibility index (Phi) is 5.69. The van der Waals surface area contributed by atoms with E-state index >= 15 is 0 Å². The molecule has 0 aromatic carbocycles. The minimum absolute atomic E-state index is 0.456. The molecular weight excluding hydrogens is 174 g/mol. The predicted molar refractivity (Wildman–Crippen MR) is 50.1 cm³/mol. The first-order chi connectivity index (χ1) is 5.58. The van der Waals surface area contributed by atoms with Crippen LogP contribution in [-0.2, 0) is 8.85 Å². The number of hydrogen-bond acceptors (Lipinski definition) is 4. The van der Waals surface area contributed by atoms with E-state index in [0.717, 1.165) is 6.04 Å². The molecule has 0 aromatic rings. The summed E-state index contributed by atoms with van der Waals surface area (Å²) in [7, 11) is 3.06. The van der Waals surface area contributed by atoms with Gasteiger partial charge in [0.05, 0.1) is 0 Å². The largest absolute Gasteiger partial charge is 0.398 e. The van der Waals surface area contributed by atoms with Gasteiger partial charge in [0.1, 0.15) is 6.23 Å². The second kappa shape index (κ2) is 5.66. The van der Waals surface area contributed by atoms with E-state index in [1.165, 1.54) is 0 Å². The van der Waals surface area contributed by atoms with Gasteiger partial charge < -0.3 is 14.0 Å². The van der Waals surface area contributed by atoms with Gasteiger partial charge in [0.25, 0.3) is 0 Å². The van der Waals surface area contributed by atoms with E-state index in [4.69, 9.17) is 8.85 Å². The summed E-state index contributed by atoms with van der Waals surface area (Å²) < 4.78 is 10.5. The number of hydrogen-bond donors (Lipinski definition) is 2. The third kappa shape index (κ3) is 4.17. The molecule has 0 aliphatic rings. The van der Waals surface area contributed by atoms with Crippen LogP contribution in [0.2, 0.25) is 12.6 Å². The van der Waals surface area contributed by atoms with Crippen LogP contribution >= 0.6 is 0 Å². The summed E-state index contributed by atoms with van der Waals surface area (Å²) in [5.74, 6) is 0. The Labute approximate surface area is 75.1 Å². The highest BCUT2D eigenvalue weighted by molar-refractivity contribution is 6.65. The van der Waals surface area contributed by atoms with Crippen molar-refractivity contribution in [3.05, 3.63) is 0 Å². The van der Waals surface area contributed by atoms with E-state index < -0.39 is 14.8 Å². The molecule has 0 saturated heterocycles. The van der Waals surface area contributed by atoms with E-state index in [1.54, 1.807) is 21.3 Å². The predicted octanol–water partition coefficient (Wildman–Crippen LogP) is 0.279. The maximum atomic E-state index is 9.21. The molecule has 5 heteroatoms. The van der Waals surface area contributed by atoms with Crippen molar-refractivity contribution in [3.63, 3.8) is 0 Å². The average molecular weight is 193 g/mol. The van der Waals surface area contributed by atoms with Crippen LogP contribution in [0.4, 0.5) is 0 Å². The molecule has 0 aliphatic carbocycles. The van der Waals surface area contributed by atoms with Gasteiger partial charge >= 0.3 is 8.56 Å². The van der Waals surface area contributed by atoms with E-state index in [1.807, 2.05) is 6.55 Å². The Bertz CT molecular complexity index is 119. The van der Waals surface area contributed by atoms with Crippen LogP contribution in [-0.4, -0.2) is 41.2 Å². The van der Waals surface area contributed by atoms with Crippen LogP contribution in [0.5, 0.6) is 0 Å². The SMILES string of the molecule is CNC(O)CC[Si](C)(OC)OC. The van der Waals surface area contributed by atoms with Crippen LogP contribution in [0.15, 0.2) is 0 Å². The Morgan fingerprint density at radius 3 is 2.25 bits per heavy atom. The summed E-state index contributed by atoms with van der Waals surface area (Å²) in [6, 6.07) is 0.794. The van der Waals surface area contributed by atoms with Crippen molar-refractivity contribution >= 4 is 8.56 Å². The lowest BCUT2D eigenvalue weighted by Gasteiger charge is -2.23. The first kappa shape index (κ1) is 12.1. The Hall–Kier alpha value is 0.0569. The van der Waals surface area contributed by atoms with Gasteiger partial charge in [-0.05, 0) is 26.1 Å². The highest BCUT2D eigenvalue weighted by Gasteiger charge is 2.28. The lowest BCUT2D eigenvalue weighted by Crippen LogP contribution is -2.38. The first-order valence-corrected chi connectivity index (χ1v) is 6.56. The molecule has 0 radical (unpaired) electrons. The standard InChI is InChI=1S/C7H19NO3Si/c1-8-7(9)5-6-12(4,10-2)11-3/h7-9H,5-6H2,1-4H3. The van der Waals surface area contributed by atoms with Gasteiger partial charge in [-0.3, -0.25) is 5.32 Å². The maximum absolute atomic E-state index is 9.21. The highest BCUT2D eigenvalue weighted by Crippen LogP contribution is 2.14. The van der Waals surface area contributed by atoms with E-state index in [9.17, 15) is 5.11 Å². The topological polar surface area (TPSA) is 50.7 Å². The van der Waals surface area contributed by atoms with Gasteiger partial charge in [-0.2, -0.15) is 0 Å². The lowest BCUT2D eigenvalue weighted by molar-refractivity contribution is 0.136. The van der Waals surface area contributed by atoms with Crippen molar-refractivity contribution in [2.45, 2.75) is 25.2 Å². The molecular formula is C7H19NO3Si. The normalized spacial score (nSPS) is 14.8. The van der Waals surface area contributed by atoms with Gasteiger partial charge in [0.15, 0.2) is 0 Å². The zero-order valence-corrected chi connectivity index (χ0v) is 9.26. The van der Waals surface area contributed by atoms with Crippen LogP contribution in [0, 0.1) is 0 Å². The van der Waals surface area contributed by atoms with Crippen molar-refractivity contribution < 1.29 is 14.0 Å². The van der Waals surface area contributed by atoms with E-state index in [2.05, 4.69) is 5.32 Å². The van der Waals surface area contributed by atoms with E-state index in [-0.39, 0.29) is 0 Å². The fourth-order valence-corrected chi connectivity index (χ4v) is 2.20. The fourth-order valence-electron chi connectivity index (χ4n) is 0.831. The molecule has 1 atom stereocenters. The van der Waals surface area contributed by atoms with Crippen molar-refractivity contribution in [2.24, 2.45) is 0 Å². The molecule has 0 fully saturated rings. The quantitative estimate of drug-likeness (QED) is 0.470. The second-order valence-electron chi connectivity index (χ2n) is 2.89. The molecule has 0 bridgehead atoms. The molecule has 1 unspecified atom stereocenters. The molecule has 0 spiro atoms. The molecule has 0 amide bonds. The maximum Gasteiger partial charge on any atom is 0.334 e. The van der Waals surface area contributed by atoms with Gasteiger partial charge in [-0.1, -0.05) is 0 Å². The third-order valence-corrected chi connectivity index (χ3v) is 4.99. The number of aliphatic hydroxyl groups is 1. The zero-order valence-electron chi connectivity index (χ0n) is 8.26. The molecule has 2 N–H and O–H groups in total. The van der Waals surface area contributed by atoms with Crippen LogP contribution in [0.1, 0.15) is 6.42 Å². The molecule has 0 saturated carbocycles. The van der Waals surface area contributed by atoms with Crippen molar-refractivity contribution in [3.8, 4) is 0 Å².